The number of hydrogen-bond acceptors (Lipinski definition) is 2. The average molecular weight is 263 g/mol. The normalized spacial score (nSPS) is 10.9. The van der Waals surface area contributed by atoms with Gasteiger partial charge in [0.2, 0.25) is 0 Å². The number of hydrogen-bond donors (Lipinski definition) is 0. The number of allylic oxidation sites excluding steroid dienone is 1. The van der Waals surface area contributed by atoms with Crippen LogP contribution in [-0.4, -0.2) is 5.78 Å². The van der Waals surface area contributed by atoms with Crippen LogP contribution in [0.1, 0.15) is 11.8 Å². The fourth-order valence-electron chi connectivity index (χ4n) is 1.45. The van der Waals surface area contributed by atoms with Crippen molar-refractivity contribution in [2.45, 2.75) is 6.92 Å². The molecule has 0 aliphatic heterocycles. The fraction of sp³-hybridized carbons (Fsp3) is 0.0714. The standard InChI is InChI=1S/C14H11ClOS/c1-10(16)6-7-11-8-9-14(17-11)12-4-2-3-5-13(12)15/h2-9H,1H3. The van der Waals surface area contributed by atoms with E-state index in [2.05, 4.69) is 0 Å². The van der Waals surface area contributed by atoms with Gasteiger partial charge in [0.15, 0.2) is 5.78 Å². The lowest BCUT2D eigenvalue weighted by molar-refractivity contribution is -0.112. The molecule has 0 fully saturated rings. The Balaban J connectivity index is 2.30. The van der Waals surface area contributed by atoms with Crippen LogP contribution >= 0.6 is 22.9 Å². The van der Waals surface area contributed by atoms with Crippen LogP contribution in [0.2, 0.25) is 5.02 Å². The smallest absolute Gasteiger partial charge is 0.152 e. The number of benzene rings is 1. The number of thiophene rings is 1. The third kappa shape index (κ3) is 3.05. The zero-order valence-electron chi connectivity index (χ0n) is 9.31. The highest BCUT2D eigenvalue weighted by Gasteiger charge is 2.04. The van der Waals surface area contributed by atoms with Gasteiger partial charge in [-0.15, -0.1) is 11.3 Å². The number of carbonyl (C=O) groups is 1. The van der Waals surface area contributed by atoms with Gasteiger partial charge in [0.05, 0.1) is 0 Å². The van der Waals surface area contributed by atoms with E-state index < -0.39 is 0 Å². The molecule has 0 aliphatic rings. The number of halogens is 1. The van der Waals surface area contributed by atoms with Crippen molar-refractivity contribution in [2.24, 2.45) is 0 Å². The van der Waals surface area contributed by atoms with Gasteiger partial charge in [-0.25, -0.2) is 0 Å². The predicted octanol–water partition coefficient (Wildman–Crippen LogP) is 4.67. The lowest BCUT2D eigenvalue weighted by Gasteiger charge is -1.99. The zero-order valence-corrected chi connectivity index (χ0v) is 10.9. The lowest BCUT2D eigenvalue weighted by Crippen LogP contribution is -1.77. The molecule has 0 saturated carbocycles. The summed E-state index contributed by atoms with van der Waals surface area (Å²) in [5, 5.41) is 0.747. The highest BCUT2D eigenvalue weighted by Crippen LogP contribution is 2.33. The van der Waals surface area contributed by atoms with Crippen molar-refractivity contribution >= 4 is 34.8 Å². The minimum atomic E-state index is 0.0534. The molecule has 1 heterocycles. The summed E-state index contributed by atoms with van der Waals surface area (Å²) in [7, 11) is 0. The van der Waals surface area contributed by atoms with Gasteiger partial charge in [0.25, 0.3) is 0 Å². The van der Waals surface area contributed by atoms with Crippen molar-refractivity contribution in [3.8, 4) is 10.4 Å². The van der Waals surface area contributed by atoms with Crippen LogP contribution in [0.3, 0.4) is 0 Å². The zero-order chi connectivity index (χ0) is 12.3. The topological polar surface area (TPSA) is 17.1 Å². The van der Waals surface area contributed by atoms with Crippen molar-refractivity contribution in [2.75, 3.05) is 0 Å². The molecular formula is C14H11ClOS. The summed E-state index contributed by atoms with van der Waals surface area (Å²) < 4.78 is 0. The van der Waals surface area contributed by atoms with E-state index in [0.717, 1.165) is 20.3 Å². The second-order valence-electron chi connectivity index (χ2n) is 3.63. The molecule has 3 heteroatoms. The largest absolute Gasteiger partial charge is 0.295 e. The third-order valence-electron chi connectivity index (χ3n) is 2.25. The van der Waals surface area contributed by atoms with E-state index in [1.165, 1.54) is 0 Å². The maximum absolute atomic E-state index is 10.8. The Kier molecular flexibility index (Phi) is 3.77. The Morgan fingerprint density at radius 2 is 2.00 bits per heavy atom. The van der Waals surface area contributed by atoms with E-state index in [1.807, 2.05) is 42.5 Å². The molecule has 2 aromatic rings. The van der Waals surface area contributed by atoms with Gasteiger partial charge in [-0.3, -0.25) is 4.79 Å². The van der Waals surface area contributed by atoms with Crippen molar-refractivity contribution in [3.63, 3.8) is 0 Å². The van der Waals surface area contributed by atoms with Crippen LogP contribution in [0.4, 0.5) is 0 Å². The van der Waals surface area contributed by atoms with Gasteiger partial charge in [-0.1, -0.05) is 29.8 Å². The third-order valence-corrected chi connectivity index (χ3v) is 3.66. The first-order chi connectivity index (χ1) is 8.16. The second-order valence-corrected chi connectivity index (χ2v) is 5.15. The molecule has 0 bridgehead atoms. The summed E-state index contributed by atoms with van der Waals surface area (Å²) in [4.78, 5) is 13.0. The Morgan fingerprint density at radius 1 is 1.24 bits per heavy atom. The molecule has 0 saturated heterocycles. The quantitative estimate of drug-likeness (QED) is 0.735. The van der Waals surface area contributed by atoms with E-state index >= 15 is 0 Å². The average Bonchev–Trinajstić information content (AvgIpc) is 2.75. The van der Waals surface area contributed by atoms with Gasteiger partial charge in [-0.05, 0) is 37.3 Å². The molecule has 0 amide bonds. The summed E-state index contributed by atoms with van der Waals surface area (Å²) in [6, 6.07) is 11.8. The van der Waals surface area contributed by atoms with E-state index in [1.54, 1.807) is 24.3 Å². The van der Waals surface area contributed by atoms with Crippen LogP contribution < -0.4 is 0 Å². The van der Waals surface area contributed by atoms with Gasteiger partial charge in [0, 0.05) is 20.3 Å². The van der Waals surface area contributed by atoms with E-state index in [4.69, 9.17) is 11.6 Å². The molecule has 0 radical (unpaired) electrons. The van der Waals surface area contributed by atoms with Crippen LogP contribution in [0, 0.1) is 0 Å². The van der Waals surface area contributed by atoms with Crippen molar-refractivity contribution in [3.05, 3.63) is 52.4 Å². The molecule has 1 aromatic carbocycles. The first-order valence-electron chi connectivity index (χ1n) is 5.20. The molecule has 17 heavy (non-hydrogen) atoms. The van der Waals surface area contributed by atoms with Gasteiger partial charge in [-0.2, -0.15) is 0 Å². The van der Waals surface area contributed by atoms with E-state index in [9.17, 15) is 4.79 Å². The Labute approximate surface area is 109 Å². The van der Waals surface area contributed by atoms with Crippen LogP contribution in [0.25, 0.3) is 16.5 Å². The van der Waals surface area contributed by atoms with Crippen LogP contribution in [0.15, 0.2) is 42.5 Å². The van der Waals surface area contributed by atoms with Gasteiger partial charge >= 0.3 is 0 Å². The summed E-state index contributed by atoms with van der Waals surface area (Å²) in [6.45, 7) is 1.54. The minimum absolute atomic E-state index is 0.0534. The summed E-state index contributed by atoms with van der Waals surface area (Å²) >= 11 is 7.75. The molecule has 0 N–H and O–H groups in total. The Bertz CT molecular complexity index is 569. The SMILES string of the molecule is CC(=O)C=Cc1ccc(-c2ccccc2Cl)s1. The predicted molar refractivity (Wildman–Crippen MR) is 74.5 cm³/mol. The number of ketones is 1. The molecule has 86 valence electrons. The molecule has 2 rings (SSSR count). The number of carbonyl (C=O) groups excluding carboxylic acids is 1. The maximum Gasteiger partial charge on any atom is 0.152 e. The van der Waals surface area contributed by atoms with Crippen molar-refractivity contribution in [1.29, 1.82) is 0 Å². The fourth-order valence-corrected chi connectivity index (χ4v) is 2.69. The maximum atomic E-state index is 10.8. The number of rotatable bonds is 3. The summed E-state index contributed by atoms with van der Waals surface area (Å²) in [5.74, 6) is 0.0534. The highest BCUT2D eigenvalue weighted by molar-refractivity contribution is 7.16. The summed E-state index contributed by atoms with van der Waals surface area (Å²) in [6.07, 6.45) is 3.40. The van der Waals surface area contributed by atoms with E-state index in [0.29, 0.717) is 0 Å². The van der Waals surface area contributed by atoms with Crippen LogP contribution in [-0.2, 0) is 4.79 Å². The van der Waals surface area contributed by atoms with Gasteiger partial charge in [0.1, 0.15) is 0 Å². The van der Waals surface area contributed by atoms with E-state index in [-0.39, 0.29) is 5.78 Å². The molecule has 1 nitrogen and oxygen atoms in total. The summed E-state index contributed by atoms with van der Waals surface area (Å²) in [5.41, 5.74) is 1.03. The molecule has 0 atom stereocenters. The molecule has 0 spiro atoms. The van der Waals surface area contributed by atoms with Gasteiger partial charge < -0.3 is 0 Å². The van der Waals surface area contributed by atoms with Crippen LogP contribution in [0.5, 0.6) is 0 Å². The second kappa shape index (κ2) is 5.30. The van der Waals surface area contributed by atoms with Crippen molar-refractivity contribution < 1.29 is 4.79 Å². The lowest BCUT2D eigenvalue weighted by atomic mass is 10.2. The monoisotopic (exact) mass is 262 g/mol. The molecule has 0 aliphatic carbocycles. The highest BCUT2D eigenvalue weighted by atomic mass is 35.5. The Hall–Kier alpha value is -1.38. The Morgan fingerprint density at radius 3 is 2.71 bits per heavy atom. The first-order valence-corrected chi connectivity index (χ1v) is 6.39. The molecule has 1 aromatic heterocycles. The first kappa shape index (κ1) is 12.1. The molecule has 0 unspecified atom stereocenters. The minimum Gasteiger partial charge on any atom is -0.295 e. The van der Waals surface area contributed by atoms with Crippen molar-refractivity contribution in [1.82, 2.24) is 0 Å². The molecular weight excluding hydrogens is 252 g/mol.